The van der Waals surface area contributed by atoms with Crippen LogP contribution in [0.1, 0.15) is 52.1 Å². The lowest BCUT2D eigenvalue weighted by atomic mass is 10.1. The normalized spacial score (nSPS) is 12.7. The molecule has 1 atom stereocenters. The van der Waals surface area contributed by atoms with Crippen LogP contribution in [0.4, 0.5) is 0 Å². The summed E-state index contributed by atoms with van der Waals surface area (Å²) in [6.07, 6.45) is 2.23. The second kappa shape index (κ2) is 8.60. The zero-order chi connectivity index (χ0) is 14.3. The molecule has 2 nitrogen and oxygen atoms in total. The molecule has 0 amide bonds. The summed E-state index contributed by atoms with van der Waals surface area (Å²) in [7, 11) is 0. The SMILES string of the molecule is CCCNC(C)c1ccc(Br)cc1OCCC(C)C. The molecule has 0 aromatic heterocycles. The predicted octanol–water partition coefficient (Wildman–Crippen LogP) is 4.93. The van der Waals surface area contributed by atoms with Crippen LogP contribution in [-0.4, -0.2) is 13.2 Å². The lowest BCUT2D eigenvalue weighted by Gasteiger charge is -2.19. The number of ether oxygens (including phenoxy) is 1. The third kappa shape index (κ3) is 5.96. The molecule has 19 heavy (non-hydrogen) atoms. The molecule has 1 aromatic carbocycles. The Bertz CT molecular complexity index is 379. The van der Waals surface area contributed by atoms with Gasteiger partial charge in [-0.25, -0.2) is 0 Å². The molecule has 1 N–H and O–H groups in total. The Balaban J connectivity index is 2.73. The van der Waals surface area contributed by atoms with Crippen LogP contribution >= 0.6 is 15.9 Å². The van der Waals surface area contributed by atoms with Crippen molar-refractivity contribution < 1.29 is 4.74 Å². The fraction of sp³-hybridized carbons (Fsp3) is 0.625. The second-order valence-corrected chi connectivity index (χ2v) is 6.30. The maximum Gasteiger partial charge on any atom is 0.125 e. The minimum atomic E-state index is 0.321. The van der Waals surface area contributed by atoms with Crippen LogP contribution in [0.15, 0.2) is 22.7 Å². The minimum Gasteiger partial charge on any atom is -0.493 e. The zero-order valence-corrected chi connectivity index (χ0v) is 14.1. The Morgan fingerprint density at radius 2 is 2.00 bits per heavy atom. The standard InChI is InChI=1S/C16H26BrNO/c1-5-9-18-13(4)15-7-6-14(17)11-16(15)19-10-8-12(2)3/h6-7,11-13,18H,5,8-10H2,1-4H3. The van der Waals surface area contributed by atoms with Crippen molar-refractivity contribution in [1.82, 2.24) is 5.32 Å². The fourth-order valence-corrected chi connectivity index (χ4v) is 2.21. The summed E-state index contributed by atoms with van der Waals surface area (Å²) in [5.74, 6) is 1.66. The number of halogens is 1. The lowest BCUT2D eigenvalue weighted by Crippen LogP contribution is -2.20. The van der Waals surface area contributed by atoms with Gasteiger partial charge in [0.15, 0.2) is 0 Å². The quantitative estimate of drug-likeness (QED) is 0.730. The first-order chi connectivity index (χ1) is 9.04. The van der Waals surface area contributed by atoms with E-state index in [1.165, 1.54) is 5.56 Å². The van der Waals surface area contributed by atoms with Gasteiger partial charge in [0.25, 0.3) is 0 Å². The molecule has 0 radical (unpaired) electrons. The smallest absolute Gasteiger partial charge is 0.125 e. The molecule has 1 aromatic rings. The summed E-state index contributed by atoms with van der Waals surface area (Å²) in [6, 6.07) is 6.61. The van der Waals surface area contributed by atoms with E-state index in [1.54, 1.807) is 0 Å². The van der Waals surface area contributed by atoms with Crippen LogP contribution in [-0.2, 0) is 0 Å². The van der Waals surface area contributed by atoms with Crippen molar-refractivity contribution in [1.29, 1.82) is 0 Å². The Labute approximate surface area is 126 Å². The maximum atomic E-state index is 5.96. The molecule has 0 heterocycles. The second-order valence-electron chi connectivity index (χ2n) is 5.39. The summed E-state index contributed by atoms with van der Waals surface area (Å²) in [5.41, 5.74) is 1.24. The van der Waals surface area contributed by atoms with Gasteiger partial charge in [0.1, 0.15) is 5.75 Å². The first kappa shape index (κ1) is 16.5. The molecule has 3 heteroatoms. The van der Waals surface area contributed by atoms with Gasteiger partial charge in [0, 0.05) is 16.1 Å². The zero-order valence-electron chi connectivity index (χ0n) is 12.5. The van der Waals surface area contributed by atoms with Crippen LogP contribution in [0.5, 0.6) is 5.75 Å². The molecule has 0 bridgehead atoms. The lowest BCUT2D eigenvalue weighted by molar-refractivity contribution is 0.284. The summed E-state index contributed by atoms with van der Waals surface area (Å²) in [5, 5.41) is 3.51. The van der Waals surface area contributed by atoms with E-state index < -0.39 is 0 Å². The Morgan fingerprint density at radius 3 is 2.63 bits per heavy atom. The molecule has 0 fully saturated rings. The third-order valence-corrected chi connectivity index (χ3v) is 3.59. The van der Waals surface area contributed by atoms with Gasteiger partial charge in [-0.05, 0) is 44.4 Å². The minimum absolute atomic E-state index is 0.321. The van der Waals surface area contributed by atoms with E-state index >= 15 is 0 Å². The van der Waals surface area contributed by atoms with E-state index in [-0.39, 0.29) is 0 Å². The maximum absolute atomic E-state index is 5.96. The van der Waals surface area contributed by atoms with E-state index in [1.807, 2.05) is 0 Å². The number of hydrogen-bond donors (Lipinski definition) is 1. The van der Waals surface area contributed by atoms with Crippen molar-refractivity contribution >= 4 is 15.9 Å². The van der Waals surface area contributed by atoms with Crippen LogP contribution in [0.25, 0.3) is 0 Å². The molecule has 0 aliphatic heterocycles. The predicted molar refractivity (Wildman–Crippen MR) is 85.8 cm³/mol. The van der Waals surface area contributed by atoms with E-state index in [0.29, 0.717) is 12.0 Å². The van der Waals surface area contributed by atoms with Crippen molar-refractivity contribution in [3.05, 3.63) is 28.2 Å². The van der Waals surface area contributed by atoms with E-state index in [4.69, 9.17) is 4.74 Å². The van der Waals surface area contributed by atoms with Gasteiger partial charge in [-0.3, -0.25) is 0 Å². The van der Waals surface area contributed by atoms with Gasteiger partial charge in [-0.15, -0.1) is 0 Å². The first-order valence-electron chi connectivity index (χ1n) is 7.20. The molecule has 1 rings (SSSR count). The van der Waals surface area contributed by atoms with Crippen molar-refractivity contribution in [2.75, 3.05) is 13.2 Å². The molecule has 108 valence electrons. The van der Waals surface area contributed by atoms with Crippen molar-refractivity contribution in [3.63, 3.8) is 0 Å². The summed E-state index contributed by atoms with van der Waals surface area (Å²) in [4.78, 5) is 0. The molecular formula is C16H26BrNO. The highest BCUT2D eigenvalue weighted by atomic mass is 79.9. The summed E-state index contributed by atoms with van der Waals surface area (Å²) < 4.78 is 7.03. The number of hydrogen-bond acceptors (Lipinski definition) is 2. The number of rotatable bonds is 8. The molecular weight excluding hydrogens is 302 g/mol. The average molecular weight is 328 g/mol. The van der Waals surface area contributed by atoms with Crippen LogP contribution in [0.3, 0.4) is 0 Å². The highest BCUT2D eigenvalue weighted by molar-refractivity contribution is 9.10. The van der Waals surface area contributed by atoms with Crippen LogP contribution in [0.2, 0.25) is 0 Å². The molecule has 1 unspecified atom stereocenters. The van der Waals surface area contributed by atoms with E-state index in [9.17, 15) is 0 Å². The number of nitrogens with one attached hydrogen (secondary N) is 1. The van der Waals surface area contributed by atoms with Crippen molar-refractivity contribution in [2.45, 2.75) is 46.6 Å². The van der Waals surface area contributed by atoms with Gasteiger partial charge in [0.05, 0.1) is 6.61 Å². The fourth-order valence-electron chi connectivity index (χ4n) is 1.87. The van der Waals surface area contributed by atoms with Crippen LogP contribution in [0, 0.1) is 5.92 Å². The van der Waals surface area contributed by atoms with E-state index in [0.717, 1.165) is 36.2 Å². The monoisotopic (exact) mass is 327 g/mol. The van der Waals surface area contributed by atoms with Gasteiger partial charge in [-0.1, -0.05) is 42.8 Å². The molecule has 0 saturated carbocycles. The van der Waals surface area contributed by atoms with Gasteiger partial charge in [-0.2, -0.15) is 0 Å². The van der Waals surface area contributed by atoms with Crippen molar-refractivity contribution in [3.8, 4) is 5.75 Å². The highest BCUT2D eigenvalue weighted by Gasteiger charge is 2.11. The largest absolute Gasteiger partial charge is 0.493 e. The Kier molecular flexibility index (Phi) is 7.47. The average Bonchev–Trinajstić information content (AvgIpc) is 2.35. The third-order valence-electron chi connectivity index (χ3n) is 3.10. The first-order valence-corrected chi connectivity index (χ1v) is 7.99. The van der Waals surface area contributed by atoms with E-state index in [2.05, 4.69) is 67.1 Å². The van der Waals surface area contributed by atoms with Crippen molar-refractivity contribution in [2.24, 2.45) is 5.92 Å². The molecule has 0 saturated heterocycles. The molecule has 0 aliphatic carbocycles. The Hall–Kier alpha value is -0.540. The highest BCUT2D eigenvalue weighted by Crippen LogP contribution is 2.29. The van der Waals surface area contributed by atoms with Gasteiger partial charge in [0.2, 0.25) is 0 Å². The number of benzene rings is 1. The van der Waals surface area contributed by atoms with Crippen LogP contribution < -0.4 is 10.1 Å². The topological polar surface area (TPSA) is 21.3 Å². The summed E-state index contributed by atoms with van der Waals surface area (Å²) >= 11 is 3.52. The van der Waals surface area contributed by atoms with Gasteiger partial charge >= 0.3 is 0 Å². The Morgan fingerprint density at radius 1 is 1.26 bits per heavy atom. The molecule has 0 aliphatic rings. The summed E-state index contributed by atoms with van der Waals surface area (Å²) in [6.45, 7) is 10.6. The molecule has 0 spiro atoms. The van der Waals surface area contributed by atoms with Gasteiger partial charge < -0.3 is 10.1 Å².